The zero-order chi connectivity index (χ0) is 22.9. The highest BCUT2D eigenvalue weighted by Crippen LogP contribution is 2.33. The third-order valence-corrected chi connectivity index (χ3v) is 4.90. The van der Waals surface area contributed by atoms with Gasteiger partial charge in [-0.3, -0.25) is 14.9 Å². The average Bonchev–Trinajstić information content (AvgIpc) is 3.15. The maximum Gasteiger partial charge on any atom is 0.416 e. The average molecular weight is 441 g/mol. The van der Waals surface area contributed by atoms with Gasteiger partial charge in [0.2, 0.25) is 5.91 Å². The Bertz CT molecular complexity index is 1280. The molecule has 0 aliphatic rings. The van der Waals surface area contributed by atoms with E-state index in [0.717, 1.165) is 23.2 Å². The van der Waals surface area contributed by atoms with Gasteiger partial charge in [0.25, 0.3) is 0 Å². The highest BCUT2D eigenvalue weighted by Gasteiger charge is 2.31. The van der Waals surface area contributed by atoms with Crippen LogP contribution in [0.3, 0.4) is 0 Å². The number of fused-ring (bicyclic) bond motifs is 1. The lowest BCUT2D eigenvalue weighted by Crippen LogP contribution is -2.16. The van der Waals surface area contributed by atoms with Gasteiger partial charge in [-0.25, -0.2) is 0 Å². The number of hydrogen-bond acceptors (Lipinski definition) is 5. The Morgan fingerprint density at radius 3 is 2.59 bits per heavy atom. The first-order chi connectivity index (χ1) is 15.3. The third kappa shape index (κ3) is 4.20. The van der Waals surface area contributed by atoms with E-state index in [9.17, 15) is 18.0 Å². The van der Waals surface area contributed by atoms with Crippen LogP contribution < -0.4 is 15.8 Å². The maximum atomic E-state index is 13.0. The first-order valence-electron chi connectivity index (χ1n) is 9.49. The molecule has 0 aliphatic carbocycles. The van der Waals surface area contributed by atoms with Crippen molar-refractivity contribution in [1.82, 2.24) is 15.2 Å². The molecule has 10 heteroatoms. The molecule has 0 fully saturated rings. The summed E-state index contributed by atoms with van der Waals surface area (Å²) < 4.78 is 44.1. The highest BCUT2D eigenvalue weighted by molar-refractivity contribution is 6.00. The minimum absolute atomic E-state index is 0.141. The number of nitrogens with one attached hydrogen (secondary N) is 2. The fourth-order valence-corrected chi connectivity index (χ4v) is 3.39. The molecule has 0 radical (unpaired) electrons. The number of carbonyl (C=O) groups excluding carboxylic acids is 1. The summed E-state index contributed by atoms with van der Waals surface area (Å²) in [7, 11) is 1.34. The molecule has 32 heavy (non-hydrogen) atoms. The number of nitrogen functional groups attached to an aromatic ring is 1. The number of ether oxygens (including phenoxy) is 1. The standard InChI is InChI=1S/C22H18F3N5O2/c1-32-17-7-4-14(22(23,24)25)10-13(17)11-18(31)28-15-5-2-12(3-6-15)20-19-16(8-9-27-20)29-30-21(19)26/h2-10H,11H2,1H3,(H,28,31)(H3,26,29,30). The van der Waals surface area contributed by atoms with Crippen LogP contribution in [0.4, 0.5) is 24.7 Å². The molecule has 0 unspecified atom stereocenters. The second kappa shape index (κ2) is 8.22. The van der Waals surface area contributed by atoms with Crippen molar-refractivity contribution >= 4 is 28.3 Å². The number of halogens is 3. The number of rotatable bonds is 5. The van der Waals surface area contributed by atoms with E-state index in [1.165, 1.54) is 13.2 Å². The number of hydrogen-bond donors (Lipinski definition) is 3. The van der Waals surface area contributed by atoms with E-state index >= 15 is 0 Å². The molecule has 2 aromatic carbocycles. The molecule has 0 atom stereocenters. The van der Waals surface area contributed by atoms with Gasteiger partial charge in [-0.05, 0) is 36.4 Å². The summed E-state index contributed by atoms with van der Waals surface area (Å²) >= 11 is 0. The van der Waals surface area contributed by atoms with E-state index in [1.54, 1.807) is 36.5 Å². The second-order valence-electron chi connectivity index (χ2n) is 7.02. The summed E-state index contributed by atoms with van der Waals surface area (Å²) in [5.41, 5.74) is 7.86. The monoisotopic (exact) mass is 441 g/mol. The molecular weight excluding hydrogens is 423 g/mol. The van der Waals surface area contributed by atoms with Crippen molar-refractivity contribution in [3.8, 4) is 17.0 Å². The Balaban J connectivity index is 1.52. The molecule has 2 heterocycles. The first kappa shape index (κ1) is 21.2. The number of aromatic nitrogens is 3. The third-order valence-electron chi connectivity index (χ3n) is 4.90. The van der Waals surface area contributed by atoms with Crippen molar-refractivity contribution in [3.05, 3.63) is 65.9 Å². The predicted molar refractivity (Wildman–Crippen MR) is 114 cm³/mol. The number of anilines is 2. The van der Waals surface area contributed by atoms with Gasteiger partial charge in [0.1, 0.15) is 5.75 Å². The van der Waals surface area contributed by atoms with E-state index in [-0.39, 0.29) is 17.7 Å². The number of nitrogens with two attached hydrogens (primary N) is 1. The van der Waals surface area contributed by atoms with Crippen LogP contribution in [-0.4, -0.2) is 28.2 Å². The molecule has 0 saturated heterocycles. The molecule has 1 amide bonds. The minimum atomic E-state index is -4.51. The van der Waals surface area contributed by atoms with E-state index in [1.807, 2.05) is 0 Å². The Hall–Kier alpha value is -4.08. The van der Waals surface area contributed by atoms with Gasteiger partial charge in [-0.15, -0.1) is 0 Å². The highest BCUT2D eigenvalue weighted by atomic mass is 19.4. The van der Waals surface area contributed by atoms with Crippen molar-refractivity contribution in [2.75, 3.05) is 18.2 Å². The Morgan fingerprint density at radius 2 is 1.91 bits per heavy atom. The summed E-state index contributed by atoms with van der Waals surface area (Å²) in [6.07, 6.45) is -3.16. The van der Waals surface area contributed by atoms with Gasteiger partial charge >= 0.3 is 6.18 Å². The summed E-state index contributed by atoms with van der Waals surface area (Å²) in [6, 6.07) is 11.7. The summed E-state index contributed by atoms with van der Waals surface area (Å²) in [6.45, 7) is 0. The zero-order valence-electron chi connectivity index (χ0n) is 16.8. The van der Waals surface area contributed by atoms with E-state index in [2.05, 4.69) is 20.5 Å². The number of carbonyl (C=O) groups is 1. The summed E-state index contributed by atoms with van der Waals surface area (Å²) in [5, 5.41) is 10.2. The predicted octanol–water partition coefficient (Wildman–Crippen LogP) is 4.42. The van der Waals surface area contributed by atoms with Crippen LogP contribution in [0, 0.1) is 0 Å². The molecule has 0 spiro atoms. The molecular formula is C22H18F3N5O2. The molecule has 164 valence electrons. The van der Waals surface area contributed by atoms with Crippen LogP contribution in [0.2, 0.25) is 0 Å². The molecule has 4 rings (SSSR count). The topological polar surface area (TPSA) is 106 Å². The number of H-pyrrole nitrogens is 1. The van der Waals surface area contributed by atoms with E-state index in [0.29, 0.717) is 22.6 Å². The zero-order valence-corrected chi connectivity index (χ0v) is 16.8. The van der Waals surface area contributed by atoms with Gasteiger partial charge in [-0.1, -0.05) is 12.1 Å². The first-order valence-corrected chi connectivity index (χ1v) is 9.49. The van der Waals surface area contributed by atoms with Gasteiger partial charge in [-0.2, -0.15) is 18.3 Å². The Morgan fingerprint density at radius 1 is 1.16 bits per heavy atom. The van der Waals surface area contributed by atoms with E-state index < -0.39 is 17.6 Å². The number of amides is 1. The molecule has 0 saturated carbocycles. The van der Waals surface area contributed by atoms with Crippen molar-refractivity contribution in [2.24, 2.45) is 0 Å². The van der Waals surface area contributed by atoms with Crippen LogP contribution >= 0.6 is 0 Å². The quantitative estimate of drug-likeness (QED) is 0.425. The van der Waals surface area contributed by atoms with Gasteiger partial charge in [0, 0.05) is 23.0 Å². The largest absolute Gasteiger partial charge is 0.496 e. The molecule has 0 bridgehead atoms. The molecule has 4 N–H and O–H groups in total. The Kier molecular flexibility index (Phi) is 5.43. The maximum absolute atomic E-state index is 13.0. The van der Waals surface area contributed by atoms with Crippen molar-refractivity contribution < 1.29 is 22.7 Å². The fourth-order valence-electron chi connectivity index (χ4n) is 3.39. The molecule has 4 aromatic rings. The lowest BCUT2D eigenvalue weighted by molar-refractivity contribution is -0.137. The number of benzene rings is 2. The van der Waals surface area contributed by atoms with Gasteiger partial charge in [0.05, 0.1) is 35.7 Å². The fraction of sp³-hybridized carbons (Fsp3) is 0.136. The summed E-state index contributed by atoms with van der Waals surface area (Å²) in [4.78, 5) is 16.8. The number of pyridine rings is 1. The van der Waals surface area contributed by atoms with Crippen LogP contribution in [-0.2, 0) is 17.4 Å². The lowest BCUT2D eigenvalue weighted by Gasteiger charge is -2.13. The van der Waals surface area contributed by atoms with Crippen molar-refractivity contribution in [3.63, 3.8) is 0 Å². The minimum Gasteiger partial charge on any atom is -0.496 e. The molecule has 2 aromatic heterocycles. The van der Waals surface area contributed by atoms with Gasteiger partial charge < -0.3 is 15.8 Å². The van der Waals surface area contributed by atoms with Crippen LogP contribution in [0.25, 0.3) is 22.2 Å². The number of nitrogens with zero attached hydrogens (tertiary/aromatic N) is 2. The molecule has 7 nitrogen and oxygen atoms in total. The number of methoxy groups -OCH3 is 1. The van der Waals surface area contributed by atoms with Crippen molar-refractivity contribution in [1.29, 1.82) is 0 Å². The lowest BCUT2D eigenvalue weighted by atomic mass is 10.1. The SMILES string of the molecule is COc1ccc(C(F)(F)F)cc1CC(=O)Nc1ccc(-c2nccc3[nH]nc(N)c23)cc1. The van der Waals surface area contributed by atoms with Crippen LogP contribution in [0.1, 0.15) is 11.1 Å². The second-order valence-corrected chi connectivity index (χ2v) is 7.02. The van der Waals surface area contributed by atoms with E-state index in [4.69, 9.17) is 10.5 Å². The van der Waals surface area contributed by atoms with Crippen LogP contribution in [0.15, 0.2) is 54.7 Å². The van der Waals surface area contributed by atoms with Crippen LogP contribution in [0.5, 0.6) is 5.75 Å². The van der Waals surface area contributed by atoms with Gasteiger partial charge in [0.15, 0.2) is 5.82 Å². The summed E-state index contributed by atoms with van der Waals surface area (Å²) in [5.74, 6) is 0.0607. The van der Waals surface area contributed by atoms with Crippen molar-refractivity contribution in [2.45, 2.75) is 12.6 Å². The number of aromatic amines is 1. The normalized spacial score (nSPS) is 11.5. The molecule has 0 aliphatic heterocycles. The Labute approximate surface area is 180 Å². The smallest absolute Gasteiger partial charge is 0.416 e. The number of alkyl halides is 3.